The van der Waals surface area contributed by atoms with Crippen LogP contribution < -0.4 is 10.6 Å². The van der Waals surface area contributed by atoms with E-state index in [0.29, 0.717) is 11.8 Å². The summed E-state index contributed by atoms with van der Waals surface area (Å²) in [6.07, 6.45) is 3.82. The van der Waals surface area contributed by atoms with Crippen LogP contribution in [0.4, 0.5) is 0 Å². The Balaban J connectivity index is 0.000000168. The average Bonchev–Trinajstić information content (AvgIpc) is 3.61. The molecule has 2 N–H and O–H groups in total. The standard InChI is InChI=1S/2C16H27N3O2/c2*1-9(2)11-12-13(14(20)17-16(3,4)5)18-8-6-7-10(18)15(21)19(11)12/h2*9-13H,6-8H2,1-5H3,(H,17,20)/t2*10-,11+,12-,13-,19?/m11/s1. The van der Waals surface area contributed by atoms with Crippen molar-refractivity contribution in [3.63, 3.8) is 0 Å². The maximum Gasteiger partial charge on any atom is 0.240 e. The zero-order valence-electron chi connectivity index (χ0n) is 27.4. The van der Waals surface area contributed by atoms with Crippen molar-refractivity contribution in [1.29, 1.82) is 0 Å². The van der Waals surface area contributed by atoms with Gasteiger partial charge in [0.2, 0.25) is 23.6 Å². The van der Waals surface area contributed by atoms with Crippen molar-refractivity contribution in [2.75, 3.05) is 13.1 Å². The Morgan fingerprint density at radius 2 is 1.00 bits per heavy atom. The first kappa shape index (κ1) is 31.2. The van der Waals surface area contributed by atoms with E-state index >= 15 is 0 Å². The van der Waals surface area contributed by atoms with Gasteiger partial charge in [-0.2, -0.15) is 0 Å². The van der Waals surface area contributed by atoms with Crippen molar-refractivity contribution < 1.29 is 19.2 Å². The van der Waals surface area contributed by atoms with Crippen LogP contribution in [-0.4, -0.2) is 116 Å². The number of hydrogen-bond acceptors (Lipinski definition) is 6. The lowest BCUT2D eigenvalue weighted by molar-refractivity contribution is -0.142. The van der Waals surface area contributed by atoms with Crippen LogP contribution in [-0.2, 0) is 19.2 Å². The van der Waals surface area contributed by atoms with Gasteiger partial charge in [-0.05, 0) is 92.2 Å². The van der Waals surface area contributed by atoms with Gasteiger partial charge in [-0.3, -0.25) is 29.0 Å². The zero-order chi connectivity index (χ0) is 31.0. The highest BCUT2D eigenvalue weighted by atomic mass is 16.2. The summed E-state index contributed by atoms with van der Waals surface area (Å²) in [6, 6.07) is 0.158. The summed E-state index contributed by atoms with van der Waals surface area (Å²) < 4.78 is 0. The number of amides is 4. The lowest BCUT2D eigenvalue weighted by Gasteiger charge is -2.37. The van der Waals surface area contributed by atoms with Crippen LogP contribution in [0, 0.1) is 11.8 Å². The molecule has 10 heteroatoms. The molecular formula is C32H54N6O4. The highest BCUT2D eigenvalue weighted by molar-refractivity contribution is 5.94. The molecule has 0 radical (unpaired) electrons. The van der Waals surface area contributed by atoms with Crippen molar-refractivity contribution in [1.82, 2.24) is 30.2 Å². The van der Waals surface area contributed by atoms with E-state index in [1.54, 1.807) is 0 Å². The molecular weight excluding hydrogens is 532 g/mol. The van der Waals surface area contributed by atoms with Crippen LogP contribution in [0.25, 0.3) is 0 Å². The Labute approximate surface area is 252 Å². The Kier molecular flexibility index (Phi) is 8.00. The zero-order valence-corrected chi connectivity index (χ0v) is 27.4. The summed E-state index contributed by atoms with van der Waals surface area (Å²) in [6.45, 7) is 22.3. The molecule has 8 atom stereocenters. The van der Waals surface area contributed by atoms with Gasteiger partial charge in [0.25, 0.3) is 0 Å². The first-order valence-corrected chi connectivity index (χ1v) is 16.2. The fourth-order valence-corrected chi connectivity index (χ4v) is 8.24. The average molecular weight is 587 g/mol. The van der Waals surface area contributed by atoms with Gasteiger partial charge < -0.3 is 20.4 Å². The molecule has 6 heterocycles. The van der Waals surface area contributed by atoms with Gasteiger partial charge in [-0.15, -0.1) is 0 Å². The van der Waals surface area contributed by atoms with E-state index in [1.165, 1.54) is 0 Å². The molecule has 4 amide bonds. The summed E-state index contributed by atoms with van der Waals surface area (Å²) in [5.74, 6) is 1.47. The van der Waals surface area contributed by atoms with Gasteiger partial charge in [0.1, 0.15) is 12.1 Å². The molecule has 10 nitrogen and oxygen atoms in total. The lowest BCUT2D eigenvalue weighted by atomic mass is 9.99. The van der Waals surface area contributed by atoms with E-state index in [-0.39, 0.29) is 83.0 Å². The molecule has 0 bridgehead atoms. The maximum atomic E-state index is 12.8. The third-order valence-corrected chi connectivity index (χ3v) is 9.73. The number of nitrogens with one attached hydrogen (secondary N) is 2. The third-order valence-electron chi connectivity index (χ3n) is 9.73. The molecule has 6 fully saturated rings. The summed E-state index contributed by atoms with van der Waals surface area (Å²) in [4.78, 5) is 59.0. The Bertz CT molecular complexity index is 1020. The highest BCUT2D eigenvalue weighted by Crippen LogP contribution is 2.47. The maximum absolute atomic E-state index is 12.8. The SMILES string of the molecule is CC(C)[C@H]1[C@@H]2[C@H](C(=O)NC(C)(C)C)N3CCC[C@@H]3C(=O)N21.CC(C)[C@H]1[C@@H]2[C@H](C(=O)NC(C)(C)C)N3CCC[C@@H]3C(=O)N21. The van der Waals surface area contributed by atoms with Gasteiger partial charge >= 0.3 is 0 Å². The van der Waals surface area contributed by atoms with E-state index in [2.05, 4.69) is 48.1 Å². The second kappa shape index (κ2) is 10.8. The first-order chi connectivity index (χ1) is 19.4. The van der Waals surface area contributed by atoms with E-state index in [4.69, 9.17) is 0 Å². The van der Waals surface area contributed by atoms with Crippen molar-refractivity contribution in [2.24, 2.45) is 11.8 Å². The molecule has 0 unspecified atom stereocenters. The number of hydrogen-bond donors (Lipinski definition) is 2. The van der Waals surface area contributed by atoms with Gasteiger partial charge in [-0.1, -0.05) is 27.7 Å². The minimum Gasteiger partial charge on any atom is -0.350 e. The molecule has 0 aliphatic carbocycles. The van der Waals surface area contributed by atoms with E-state index in [0.717, 1.165) is 38.8 Å². The number of rotatable bonds is 4. The third kappa shape index (κ3) is 5.58. The Hall–Kier alpha value is -2.20. The molecule has 6 aliphatic rings. The second-order valence-corrected chi connectivity index (χ2v) is 16.1. The highest BCUT2D eigenvalue weighted by Gasteiger charge is 2.67. The predicted octanol–water partition coefficient (Wildman–Crippen LogP) is 1.97. The molecule has 0 aromatic carbocycles. The normalized spacial score (nSPS) is 35.7. The van der Waals surface area contributed by atoms with Crippen molar-refractivity contribution in [2.45, 2.75) is 154 Å². The first-order valence-electron chi connectivity index (χ1n) is 16.2. The number of piperazine rings is 2. The number of carbonyl (C=O) groups is 4. The van der Waals surface area contributed by atoms with E-state index in [1.807, 2.05) is 51.3 Å². The smallest absolute Gasteiger partial charge is 0.240 e. The minimum atomic E-state index is -0.235. The fourth-order valence-electron chi connectivity index (χ4n) is 8.24. The topological polar surface area (TPSA) is 105 Å². The lowest BCUT2D eigenvalue weighted by Crippen LogP contribution is -2.61. The summed E-state index contributed by atoms with van der Waals surface area (Å²) in [5, 5.41) is 6.23. The van der Waals surface area contributed by atoms with Crippen LogP contribution >= 0.6 is 0 Å². The predicted molar refractivity (Wildman–Crippen MR) is 161 cm³/mol. The van der Waals surface area contributed by atoms with Crippen LogP contribution in [0.2, 0.25) is 0 Å². The quantitative estimate of drug-likeness (QED) is 0.489. The van der Waals surface area contributed by atoms with Gasteiger partial charge in [0.05, 0.1) is 36.3 Å². The van der Waals surface area contributed by atoms with Gasteiger partial charge in [-0.25, -0.2) is 0 Å². The monoisotopic (exact) mass is 586 g/mol. The molecule has 6 saturated heterocycles. The molecule has 0 saturated carbocycles. The molecule has 0 aromatic heterocycles. The molecule has 6 aliphatic heterocycles. The number of fused-ring (bicyclic) bond motifs is 4. The second-order valence-electron chi connectivity index (χ2n) is 16.1. The van der Waals surface area contributed by atoms with Crippen LogP contribution in [0.5, 0.6) is 0 Å². The minimum absolute atomic E-state index is 0.0688. The Morgan fingerprint density at radius 1 is 0.667 bits per heavy atom. The Morgan fingerprint density at radius 3 is 1.29 bits per heavy atom. The van der Waals surface area contributed by atoms with Crippen molar-refractivity contribution >= 4 is 23.6 Å². The molecule has 42 heavy (non-hydrogen) atoms. The van der Waals surface area contributed by atoms with E-state index < -0.39 is 0 Å². The molecule has 6 rings (SSSR count). The van der Waals surface area contributed by atoms with Crippen LogP contribution in [0.3, 0.4) is 0 Å². The van der Waals surface area contributed by atoms with E-state index in [9.17, 15) is 19.2 Å². The van der Waals surface area contributed by atoms with Crippen molar-refractivity contribution in [3.05, 3.63) is 0 Å². The van der Waals surface area contributed by atoms with Gasteiger partial charge in [0, 0.05) is 11.1 Å². The fraction of sp³-hybridized carbons (Fsp3) is 0.875. The van der Waals surface area contributed by atoms with Gasteiger partial charge in [0.15, 0.2) is 0 Å². The number of nitrogens with zero attached hydrogens (tertiary/aromatic N) is 4. The molecule has 0 spiro atoms. The molecule has 236 valence electrons. The largest absolute Gasteiger partial charge is 0.350 e. The van der Waals surface area contributed by atoms with Crippen LogP contribution in [0.1, 0.15) is 94.9 Å². The summed E-state index contributed by atoms with van der Waals surface area (Å²) in [7, 11) is 0. The number of carbonyl (C=O) groups excluding carboxylic acids is 4. The summed E-state index contributed by atoms with van der Waals surface area (Å²) >= 11 is 0. The van der Waals surface area contributed by atoms with Crippen LogP contribution in [0.15, 0.2) is 0 Å². The summed E-state index contributed by atoms with van der Waals surface area (Å²) in [5.41, 5.74) is -0.471. The molecule has 0 aromatic rings. The van der Waals surface area contributed by atoms with Crippen molar-refractivity contribution in [3.8, 4) is 0 Å².